The number of hydrogen-bond donors (Lipinski definition) is 0. The summed E-state index contributed by atoms with van der Waals surface area (Å²) in [7, 11) is 0. The molecule has 0 heterocycles. The molecule has 154 valence electrons. The number of hydrogen-bond acceptors (Lipinski definition) is 5. The van der Waals surface area contributed by atoms with Crippen molar-refractivity contribution in [1.29, 1.82) is 0 Å². The lowest BCUT2D eigenvalue weighted by molar-refractivity contribution is -0.149. The fourth-order valence-electron chi connectivity index (χ4n) is 7.02. The molecule has 3 saturated carbocycles. The van der Waals surface area contributed by atoms with Gasteiger partial charge in [0.25, 0.3) is 0 Å². The van der Waals surface area contributed by atoms with Gasteiger partial charge in [-0.2, -0.15) is 0 Å². The van der Waals surface area contributed by atoms with E-state index in [1.807, 2.05) is 6.08 Å². The van der Waals surface area contributed by atoms with Crippen molar-refractivity contribution >= 4 is 17.7 Å². The first-order valence-corrected chi connectivity index (χ1v) is 10.7. The van der Waals surface area contributed by atoms with Crippen molar-refractivity contribution in [3.8, 4) is 0 Å². The van der Waals surface area contributed by atoms with Crippen LogP contribution in [0.25, 0.3) is 0 Å². The third-order valence-electron chi connectivity index (χ3n) is 8.29. The Hall–Kier alpha value is -1.65. The Morgan fingerprint density at radius 3 is 2.36 bits per heavy atom. The molecule has 0 bridgehead atoms. The maximum absolute atomic E-state index is 13.3. The van der Waals surface area contributed by atoms with Crippen LogP contribution in [0.1, 0.15) is 72.6 Å². The predicted molar refractivity (Wildman–Crippen MR) is 103 cm³/mol. The topological polar surface area (TPSA) is 69.7 Å². The number of carbonyl (C=O) groups is 3. The highest BCUT2D eigenvalue weighted by Crippen LogP contribution is 2.64. The molecule has 0 unspecified atom stereocenters. The average Bonchev–Trinajstić information content (AvgIpc) is 2.90. The summed E-state index contributed by atoms with van der Waals surface area (Å²) >= 11 is 0. The molecule has 0 aromatic heterocycles. The van der Waals surface area contributed by atoms with Crippen LogP contribution in [0.4, 0.5) is 0 Å². The second-order valence-electron chi connectivity index (χ2n) is 10.1. The Kier molecular flexibility index (Phi) is 4.71. The van der Waals surface area contributed by atoms with E-state index >= 15 is 0 Å². The summed E-state index contributed by atoms with van der Waals surface area (Å²) in [5, 5.41) is 0. The van der Waals surface area contributed by atoms with E-state index in [-0.39, 0.29) is 52.6 Å². The number of carbonyl (C=O) groups excluding carboxylic acids is 3. The van der Waals surface area contributed by atoms with Gasteiger partial charge in [0.2, 0.25) is 0 Å². The Morgan fingerprint density at radius 2 is 1.68 bits per heavy atom. The highest BCUT2D eigenvalue weighted by atomic mass is 16.5. The Balaban J connectivity index is 1.61. The molecule has 0 aromatic carbocycles. The zero-order chi connectivity index (χ0) is 20.3. The molecular weight excluding hydrogens is 356 g/mol. The molecule has 0 N–H and O–H groups in total. The van der Waals surface area contributed by atoms with Crippen LogP contribution in [0.3, 0.4) is 0 Å². The lowest BCUT2D eigenvalue weighted by Crippen LogP contribution is -2.52. The monoisotopic (exact) mass is 388 g/mol. The van der Waals surface area contributed by atoms with Gasteiger partial charge in [-0.15, -0.1) is 0 Å². The molecule has 0 amide bonds. The quantitative estimate of drug-likeness (QED) is 0.669. The summed E-state index contributed by atoms with van der Waals surface area (Å²) in [5.41, 5.74) is 1.26. The molecule has 5 heteroatoms. The molecule has 0 radical (unpaired) electrons. The van der Waals surface area contributed by atoms with Crippen LogP contribution in [-0.2, 0) is 23.9 Å². The smallest absolute Gasteiger partial charge is 0.302 e. The fourth-order valence-corrected chi connectivity index (χ4v) is 7.02. The maximum Gasteiger partial charge on any atom is 0.302 e. The van der Waals surface area contributed by atoms with Crippen molar-refractivity contribution < 1.29 is 23.9 Å². The fraction of sp³-hybridized carbons (Fsp3) is 0.783. The van der Waals surface area contributed by atoms with Gasteiger partial charge in [-0.25, -0.2) is 0 Å². The molecular formula is C23H32O5. The minimum absolute atomic E-state index is 0.01000. The van der Waals surface area contributed by atoms with E-state index in [4.69, 9.17) is 9.47 Å². The summed E-state index contributed by atoms with van der Waals surface area (Å²) in [4.78, 5) is 36.1. The van der Waals surface area contributed by atoms with E-state index in [9.17, 15) is 14.4 Å². The first-order valence-electron chi connectivity index (χ1n) is 10.7. The Bertz CT molecular complexity index is 739. The van der Waals surface area contributed by atoms with Gasteiger partial charge in [-0.3, -0.25) is 14.4 Å². The largest absolute Gasteiger partial charge is 0.463 e. The van der Waals surface area contributed by atoms with Gasteiger partial charge < -0.3 is 9.47 Å². The van der Waals surface area contributed by atoms with Gasteiger partial charge >= 0.3 is 11.9 Å². The van der Waals surface area contributed by atoms with Crippen LogP contribution in [0.5, 0.6) is 0 Å². The molecule has 4 aliphatic carbocycles. The molecule has 0 spiro atoms. The SMILES string of the molecule is CC(=O)O[C@@H]1C[C@H]2[C@@H]3C(=O)C=C4C[C@@H](OC(C)=O)CC[C@]4(C)[C@H]3CC[C@]2(C)C1. The van der Waals surface area contributed by atoms with Crippen molar-refractivity contribution in [2.75, 3.05) is 0 Å². The van der Waals surface area contributed by atoms with Crippen LogP contribution < -0.4 is 0 Å². The van der Waals surface area contributed by atoms with Crippen molar-refractivity contribution in [2.24, 2.45) is 28.6 Å². The summed E-state index contributed by atoms with van der Waals surface area (Å²) in [5.74, 6) is 0.414. The molecule has 0 aromatic rings. The second-order valence-corrected chi connectivity index (χ2v) is 10.1. The summed E-state index contributed by atoms with van der Waals surface area (Å²) in [6, 6.07) is 0. The summed E-state index contributed by atoms with van der Waals surface area (Å²) in [6.07, 6.45) is 8.03. The number of fused-ring (bicyclic) bond motifs is 5. The Labute approximate surface area is 167 Å². The molecule has 0 aliphatic heterocycles. The first-order chi connectivity index (χ1) is 13.1. The molecule has 4 rings (SSSR count). The zero-order valence-electron chi connectivity index (χ0n) is 17.5. The zero-order valence-corrected chi connectivity index (χ0v) is 17.5. The number of ketones is 1. The molecule has 28 heavy (non-hydrogen) atoms. The van der Waals surface area contributed by atoms with Crippen molar-refractivity contribution in [1.82, 2.24) is 0 Å². The second kappa shape index (κ2) is 6.70. The first kappa shape index (κ1) is 19.7. The normalized spacial score (nSPS) is 44.6. The third-order valence-corrected chi connectivity index (χ3v) is 8.29. The molecule has 5 nitrogen and oxygen atoms in total. The van der Waals surface area contributed by atoms with E-state index in [0.717, 1.165) is 38.5 Å². The molecule has 0 saturated heterocycles. The maximum atomic E-state index is 13.3. The molecule has 7 atom stereocenters. The van der Waals surface area contributed by atoms with E-state index in [1.54, 1.807) is 0 Å². The number of rotatable bonds is 2. The van der Waals surface area contributed by atoms with E-state index in [0.29, 0.717) is 12.3 Å². The van der Waals surface area contributed by atoms with Crippen LogP contribution in [-0.4, -0.2) is 29.9 Å². The minimum atomic E-state index is -0.245. The van der Waals surface area contributed by atoms with Gasteiger partial charge in [0, 0.05) is 26.2 Å². The summed E-state index contributed by atoms with van der Waals surface area (Å²) in [6.45, 7) is 7.51. The highest BCUT2D eigenvalue weighted by Gasteiger charge is 2.60. The predicted octanol–water partition coefficient (Wildman–Crippen LogP) is 3.99. The van der Waals surface area contributed by atoms with Crippen LogP contribution >= 0.6 is 0 Å². The van der Waals surface area contributed by atoms with Gasteiger partial charge in [0.15, 0.2) is 5.78 Å². The van der Waals surface area contributed by atoms with E-state index in [2.05, 4.69) is 13.8 Å². The van der Waals surface area contributed by atoms with E-state index < -0.39 is 0 Å². The standard InChI is InChI=1S/C23H32O5/c1-13(24)27-16-5-8-23(4)15(9-16)10-20(26)21-18(23)6-7-22(3)12-17(11-19(21)22)28-14(2)25/h10,16-19,21H,5-9,11-12H2,1-4H3/t16-,17+,18-,19-,21+,22+,23-/m0/s1. The number of allylic oxidation sites excluding steroid dienone is 1. The van der Waals surface area contributed by atoms with Crippen LogP contribution in [0.15, 0.2) is 11.6 Å². The van der Waals surface area contributed by atoms with Gasteiger partial charge in [-0.1, -0.05) is 19.4 Å². The van der Waals surface area contributed by atoms with Crippen LogP contribution in [0, 0.1) is 28.6 Å². The molecule has 3 fully saturated rings. The number of esters is 2. The van der Waals surface area contributed by atoms with Crippen molar-refractivity contribution in [3.63, 3.8) is 0 Å². The lowest BCUT2D eigenvalue weighted by atomic mass is 9.48. The Morgan fingerprint density at radius 1 is 1.00 bits per heavy atom. The summed E-state index contributed by atoms with van der Waals surface area (Å²) < 4.78 is 11.0. The van der Waals surface area contributed by atoms with Crippen molar-refractivity contribution in [3.05, 3.63) is 11.6 Å². The highest BCUT2D eigenvalue weighted by molar-refractivity contribution is 5.94. The third kappa shape index (κ3) is 3.11. The van der Waals surface area contributed by atoms with Gasteiger partial charge in [0.05, 0.1) is 0 Å². The van der Waals surface area contributed by atoms with Crippen molar-refractivity contribution in [2.45, 2.75) is 84.8 Å². The number of ether oxygens (including phenoxy) is 2. The van der Waals surface area contributed by atoms with Crippen LogP contribution in [0.2, 0.25) is 0 Å². The lowest BCUT2D eigenvalue weighted by Gasteiger charge is -2.56. The minimum Gasteiger partial charge on any atom is -0.463 e. The van der Waals surface area contributed by atoms with Gasteiger partial charge in [-0.05, 0) is 67.3 Å². The van der Waals surface area contributed by atoms with Gasteiger partial charge in [0.1, 0.15) is 12.2 Å². The average molecular weight is 389 g/mol. The van der Waals surface area contributed by atoms with E-state index in [1.165, 1.54) is 19.4 Å². The molecule has 4 aliphatic rings.